The third-order valence-corrected chi connectivity index (χ3v) is 2.67. The first-order chi connectivity index (χ1) is 4.75. The van der Waals surface area contributed by atoms with Crippen molar-refractivity contribution in [3.05, 3.63) is 33.8 Å². The maximum atomic E-state index is 5.84. The fraction of sp³-hybridized carbons (Fsp3) is 0.143. The van der Waals surface area contributed by atoms with Crippen molar-refractivity contribution >= 4 is 45.8 Å². The molecule has 0 aliphatic rings. The number of rotatable bonds is 1. The molecule has 1 aromatic rings. The normalized spacial score (nSPS) is 9.90. The van der Waals surface area contributed by atoms with Gasteiger partial charge in [0.25, 0.3) is 0 Å². The number of alkyl halides is 1. The second-order valence-corrected chi connectivity index (χ2v) is 3.41. The lowest BCUT2D eigenvalue weighted by atomic mass is 10.2. The van der Waals surface area contributed by atoms with Gasteiger partial charge in [0, 0.05) is 14.5 Å². The van der Waals surface area contributed by atoms with Crippen LogP contribution in [0.25, 0.3) is 0 Å². The van der Waals surface area contributed by atoms with Crippen LogP contribution in [0.15, 0.2) is 18.2 Å². The molecule has 0 unspecified atom stereocenters. The minimum Gasteiger partial charge on any atom is -0.0840 e. The second kappa shape index (κ2) is 3.79. The Hall–Kier alpha value is 0.530. The van der Waals surface area contributed by atoms with Gasteiger partial charge in [-0.15, -0.1) is 0 Å². The van der Waals surface area contributed by atoms with Crippen LogP contribution in [0, 0.1) is 0 Å². The van der Waals surface area contributed by atoms with E-state index in [1.807, 2.05) is 18.2 Å². The van der Waals surface area contributed by atoms with Crippen LogP contribution < -0.4 is 0 Å². The van der Waals surface area contributed by atoms with Gasteiger partial charge in [0.1, 0.15) is 0 Å². The van der Waals surface area contributed by atoms with Crippen molar-refractivity contribution < 1.29 is 0 Å². The fourth-order valence-electron chi connectivity index (χ4n) is 0.660. The average Bonchev–Trinajstić information content (AvgIpc) is 1.88. The molecule has 1 aromatic carbocycles. The molecule has 0 aliphatic heterocycles. The zero-order chi connectivity index (χ0) is 7.56. The van der Waals surface area contributed by atoms with E-state index < -0.39 is 0 Å². The van der Waals surface area contributed by atoms with Gasteiger partial charge < -0.3 is 0 Å². The first-order valence-electron chi connectivity index (χ1n) is 2.74. The average molecular weight is 287 g/mol. The molecule has 0 heterocycles. The van der Waals surface area contributed by atoms with Crippen LogP contribution in [0.3, 0.4) is 0 Å². The summed E-state index contributed by atoms with van der Waals surface area (Å²) in [7, 11) is 0. The molecule has 3 heteroatoms. The van der Waals surface area contributed by atoms with Gasteiger partial charge in [0.05, 0.1) is 0 Å². The largest absolute Gasteiger partial charge is 0.0840 e. The Bertz CT molecular complexity index is 215. The van der Waals surface area contributed by atoms with Crippen LogP contribution in [0.4, 0.5) is 0 Å². The van der Waals surface area contributed by atoms with Crippen LogP contribution in [0.5, 0.6) is 0 Å². The van der Waals surface area contributed by atoms with Crippen molar-refractivity contribution in [3.8, 4) is 0 Å². The Morgan fingerprint density at radius 3 is 2.00 bits per heavy atom. The highest BCUT2D eigenvalue weighted by atomic mass is 127. The van der Waals surface area contributed by atoms with Crippen molar-refractivity contribution in [2.45, 2.75) is 4.43 Å². The van der Waals surface area contributed by atoms with Crippen molar-refractivity contribution in [2.24, 2.45) is 0 Å². The van der Waals surface area contributed by atoms with E-state index in [0.29, 0.717) is 0 Å². The van der Waals surface area contributed by atoms with Gasteiger partial charge in [-0.2, -0.15) is 0 Å². The van der Waals surface area contributed by atoms with Gasteiger partial charge in [-0.1, -0.05) is 51.9 Å². The molecule has 0 spiro atoms. The topological polar surface area (TPSA) is 0 Å². The predicted molar refractivity (Wildman–Crippen MR) is 54.2 cm³/mol. The van der Waals surface area contributed by atoms with E-state index in [4.69, 9.17) is 23.2 Å². The lowest BCUT2D eigenvalue weighted by molar-refractivity contribution is 1.46. The summed E-state index contributed by atoms with van der Waals surface area (Å²) in [4.78, 5) is 0. The first kappa shape index (κ1) is 8.62. The zero-order valence-electron chi connectivity index (χ0n) is 5.07. The highest BCUT2D eigenvalue weighted by Crippen LogP contribution is 2.25. The maximum Gasteiger partial charge on any atom is 0.0460 e. The molecule has 0 atom stereocenters. The van der Waals surface area contributed by atoms with E-state index in [-0.39, 0.29) is 0 Å². The highest BCUT2D eigenvalue weighted by Gasteiger charge is 2.01. The van der Waals surface area contributed by atoms with Crippen molar-refractivity contribution in [2.75, 3.05) is 0 Å². The third kappa shape index (κ3) is 1.77. The number of hydrogen-bond donors (Lipinski definition) is 0. The van der Waals surface area contributed by atoms with Crippen LogP contribution in [0.2, 0.25) is 10.0 Å². The molecule has 1 rings (SSSR count). The van der Waals surface area contributed by atoms with Gasteiger partial charge >= 0.3 is 0 Å². The second-order valence-electron chi connectivity index (χ2n) is 1.83. The Balaban J connectivity index is 3.17. The highest BCUT2D eigenvalue weighted by molar-refractivity contribution is 14.1. The van der Waals surface area contributed by atoms with Gasteiger partial charge in [-0.05, 0) is 17.7 Å². The molecule has 0 saturated carbocycles. The monoisotopic (exact) mass is 286 g/mol. The van der Waals surface area contributed by atoms with Gasteiger partial charge in [0.15, 0.2) is 0 Å². The standard InChI is InChI=1S/C7H5Cl2I/c8-6-2-1-3-7(9)5(6)4-10/h1-3H,4H2. The molecule has 0 amide bonds. The summed E-state index contributed by atoms with van der Waals surface area (Å²) in [6.45, 7) is 0. The third-order valence-electron chi connectivity index (χ3n) is 1.20. The quantitative estimate of drug-likeness (QED) is 0.542. The molecular formula is C7H5Cl2I. The van der Waals surface area contributed by atoms with Crippen LogP contribution in [0.1, 0.15) is 5.56 Å². The van der Waals surface area contributed by atoms with Crippen LogP contribution >= 0.6 is 45.8 Å². The molecule has 0 radical (unpaired) electrons. The van der Waals surface area contributed by atoms with E-state index in [1.54, 1.807) is 0 Å². The van der Waals surface area contributed by atoms with E-state index in [9.17, 15) is 0 Å². The van der Waals surface area contributed by atoms with Crippen molar-refractivity contribution in [1.82, 2.24) is 0 Å². The van der Waals surface area contributed by atoms with Crippen LogP contribution in [-0.2, 0) is 4.43 Å². The molecule has 0 nitrogen and oxygen atoms in total. The molecule has 54 valence electrons. The van der Waals surface area contributed by atoms with E-state index >= 15 is 0 Å². The molecule has 0 saturated heterocycles. The minimum atomic E-state index is 0.752. The van der Waals surface area contributed by atoms with Gasteiger partial charge in [0.2, 0.25) is 0 Å². The molecule has 0 aromatic heterocycles. The maximum absolute atomic E-state index is 5.84. The van der Waals surface area contributed by atoms with E-state index in [0.717, 1.165) is 20.0 Å². The van der Waals surface area contributed by atoms with Crippen LogP contribution in [-0.4, -0.2) is 0 Å². The zero-order valence-corrected chi connectivity index (χ0v) is 8.74. The van der Waals surface area contributed by atoms with Crippen molar-refractivity contribution in [1.29, 1.82) is 0 Å². The minimum absolute atomic E-state index is 0.752. The molecule has 0 bridgehead atoms. The van der Waals surface area contributed by atoms with E-state index in [2.05, 4.69) is 22.6 Å². The van der Waals surface area contributed by atoms with Gasteiger partial charge in [-0.25, -0.2) is 0 Å². The summed E-state index contributed by atoms with van der Waals surface area (Å²) in [5, 5.41) is 1.50. The summed E-state index contributed by atoms with van der Waals surface area (Å²) in [6, 6.07) is 5.54. The molecule has 0 aliphatic carbocycles. The summed E-state index contributed by atoms with van der Waals surface area (Å²) in [5.74, 6) is 0. The number of hydrogen-bond acceptors (Lipinski definition) is 0. The molecule has 0 N–H and O–H groups in total. The fourth-order valence-corrected chi connectivity index (χ4v) is 2.46. The number of benzene rings is 1. The number of halogens is 3. The lowest BCUT2D eigenvalue weighted by Gasteiger charge is -2.00. The predicted octanol–water partition coefficient (Wildman–Crippen LogP) is 3.93. The summed E-state index contributed by atoms with van der Waals surface area (Å²) >= 11 is 13.9. The van der Waals surface area contributed by atoms with Crippen molar-refractivity contribution in [3.63, 3.8) is 0 Å². The lowest BCUT2D eigenvalue weighted by Crippen LogP contribution is -1.79. The van der Waals surface area contributed by atoms with E-state index in [1.165, 1.54) is 0 Å². The Kier molecular flexibility index (Phi) is 3.27. The molecule has 10 heavy (non-hydrogen) atoms. The molecular weight excluding hydrogens is 282 g/mol. The van der Waals surface area contributed by atoms with Gasteiger partial charge in [-0.3, -0.25) is 0 Å². The SMILES string of the molecule is Clc1cccc(Cl)c1CI. The first-order valence-corrected chi connectivity index (χ1v) is 5.02. The Labute approximate surface area is 83.7 Å². The molecule has 0 fully saturated rings. The smallest absolute Gasteiger partial charge is 0.0460 e. The summed E-state index contributed by atoms with van der Waals surface area (Å²) < 4.78 is 0.857. The summed E-state index contributed by atoms with van der Waals surface area (Å²) in [5.41, 5.74) is 1.02. The summed E-state index contributed by atoms with van der Waals surface area (Å²) in [6.07, 6.45) is 0. The Morgan fingerprint density at radius 2 is 1.70 bits per heavy atom. The Morgan fingerprint density at radius 1 is 1.20 bits per heavy atom.